The van der Waals surface area contributed by atoms with E-state index in [0.717, 1.165) is 37.3 Å². The summed E-state index contributed by atoms with van der Waals surface area (Å²) in [6, 6.07) is 5.85. The molecule has 2 unspecified atom stereocenters. The number of carbonyl (C=O) groups is 3. The zero-order valence-corrected chi connectivity index (χ0v) is 16.4. The molecule has 28 heavy (non-hydrogen) atoms. The highest BCUT2D eigenvalue weighted by Crippen LogP contribution is 2.30. The van der Waals surface area contributed by atoms with Gasteiger partial charge in [0.2, 0.25) is 11.8 Å². The molecule has 3 aliphatic rings. The predicted molar refractivity (Wildman–Crippen MR) is 104 cm³/mol. The number of nitrogens with zero attached hydrogens (tertiary/aromatic N) is 2. The summed E-state index contributed by atoms with van der Waals surface area (Å²) in [5, 5.41) is 5.91. The Morgan fingerprint density at radius 1 is 1.21 bits per heavy atom. The van der Waals surface area contributed by atoms with E-state index in [2.05, 4.69) is 28.5 Å². The number of nitrogens with one attached hydrogen (secondary N) is 2. The number of benzene rings is 1. The van der Waals surface area contributed by atoms with Gasteiger partial charge in [-0.25, -0.2) is 0 Å². The molecule has 1 aromatic rings. The first-order valence-electron chi connectivity index (χ1n) is 10.3. The third-order valence-electron chi connectivity index (χ3n) is 6.16. The summed E-state index contributed by atoms with van der Waals surface area (Å²) in [5.41, 5.74) is 2.87. The molecule has 2 atom stereocenters. The minimum Gasteiger partial charge on any atom is -0.322 e. The van der Waals surface area contributed by atoms with Gasteiger partial charge in [0.25, 0.3) is 5.91 Å². The molecule has 7 nitrogen and oxygen atoms in total. The maximum atomic E-state index is 12.9. The van der Waals surface area contributed by atoms with E-state index in [0.29, 0.717) is 24.6 Å². The van der Waals surface area contributed by atoms with Crippen molar-refractivity contribution in [2.45, 2.75) is 57.8 Å². The van der Waals surface area contributed by atoms with E-state index in [1.807, 2.05) is 12.1 Å². The summed E-state index contributed by atoms with van der Waals surface area (Å²) in [7, 11) is 0. The minimum atomic E-state index is -0.560. The fourth-order valence-corrected chi connectivity index (χ4v) is 4.57. The lowest BCUT2D eigenvalue weighted by Crippen LogP contribution is -2.52. The van der Waals surface area contributed by atoms with E-state index in [1.165, 1.54) is 12.8 Å². The van der Waals surface area contributed by atoms with Crippen molar-refractivity contribution in [2.75, 3.05) is 19.6 Å². The van der Waals surface area contributed by atoms with Crippen molar-refractivity contribution in [1.82, 2.24) is 20.4 Å². The highest BCUT2D eigenvalue weighted by atomic mass is 16.2. The van der Waals surface area contributed by atoms with Gasteiger partial charge in [-0.1, -0.05) is 19.1 Å². The molecular formula is C21H28N4O3. The van der Waals surface area contributed by atoms with Crippen LogP contribution in [0.4, 0.5) is 0 Å². The van der Waals surface area contributed by atoms with Crippen LogP contribution in [0.1, 0.15) is 54.1 Å². The van der Waals surface area contributed by atoms with E-state index < -0.39 is 6.04 Å². The summed E-state index contributed by atoms with van der Waals surface area (Å²) in [6.07, 6.45) is 3.12. The first kappa shape index (κ1) is 19.1. The van der Waals surface area contributed by atoms with Crippen molar-refractivity contribution >= 4 is 17.7 Å². The van der Waals surface area contributed by atoms with Crippen LogP contribution in [0, 0.1) is 0 Å². The van der Waals surface area contributed by atoms with Gasteiger partial charge < -0.3 is 10.2 Å². The third-order valence-corrected chi connectivity index (χ3v) is 6.16. The fourth-order valence-electron chi connectivity index (χ4n) is 4.57. The van der Waals surface area contributed by atoms with Crippen LogP contribution in [0.2, 0.25) is 0 Å². The molecule has 3 heterocycles. The lowest BCUT2D eigenvalue weighted by molar-refractivity contribution is -0.136. The molecule has 0 saturated carbocycles. The second-order valence-corrected chi connectivity index (χ2v) is 7.96. The third kappa shape index (κ3) is 3.69. The van der Waals surface area contributed by atoms with Crippen molar-refractivity contribution in [3.05, 3.63) is 34.9 Å². The van der Waals surface area contributed by atoms with E-state index in [-0.39, 0.29) is 24.1 Å². The molecule has 0 aromatic heterocycles. The van der Waals surface area contributed by atoms with Crippen molar-refractivity contribution in [3.63, 3.8) is 0 Å². The molecule has 3 amide bonds. The lowest BCUT2D eigenvalue weighted by atomic mass is 10.0. The van der Waals surface area contributed by atoms with Crippen LogP contribution < -0.4 is 10.6 Å². The number of piperidine rings is 1. The second-order valence-electron chi connectivity index (χ2n) is 7.96. The van der Waals surface area contributed by atoms with Crippen LogP contribution in [0.15, 0.2) is 18.2 Å². The Bertz CT molecular complexity index is 788. The summed E-state index contributed by atoms with van der Waals surface area (Å²) >= 11 is 0. The molecule has 2 fully saturated rings. The van der Waals surface area contributed by atoms with Crippen LogP contribution in [0.3, 0.4) is 0 Å². The Morgan fingerprint density at radius 3 is 2.79 bits per heavy atom. The number of fused-ring (bicyclic) bond motifs is 1. The molecule has 3 aliphatic heterocycles. The van der Waals surface area contributed by atoms with Crippen LogP contribution in [0.25, 0.3) is 0 Å². The topological polar surface area (TPSA) is 81.8 Å². The van der Waals surface area contributed by atoms with Gasteiger partial charge in [0, 0.05) is 37.7 Å². The number of amides is 3. The highest BCUT2D eigenvalue weighted by Gasteiger charge is 2.39. The van der Waals surface area contributed by atoms with Crippen molar-refractivity contribution in [1.29, 1.82) is 0 Å². The highest BCUT2D eigenvalue weighted by molar-refractivity contribution is 6.05. The number of likely N-dealkylation sites (N-methyl/N-ethyl adjacent to an activating group) is 1. The van der Waals surface area contributed by atoms with Crippen LogP contribution in [-0.4, -0.2) is 59.2 Å². The van der Waals surface area contributed by atoms with Gasteiger partial charge in [-0.15, -0.1) is 0 Å². The van der Waals surface area contributed by atoms with E-state index >= 15 is 0 Å². The molecule has 2 N–H and O–H groups in total. The number of hydrogen-bond acceptors (Lipinski definition) is 5. The summed E-state index contributed by atoms with van der Waals surface area (Å²) in [6.45, 7) is 6.46. The summed E-state index contributed by atoms with van der Waals surface area (Å²) in [4.78, 5) is 40.7. The predicted octanol–water partition coefficient (Wildman–Crippen LogP) is 1.02. The van der Waals surface area contributed by atoms with Gasteiger partial charge in [0.1, 0.15) is 6.04 Å². The molecule has 7 heteroatoms. The minimum absolute atomic E-state index is 0.105. The molecule has 2 saturated heterocycles. The fraction of sp³-hybridized carbons (Fsp3) is 0.571. The lowest BCUT2D eigenvalue weighted by Gasteiger charge is -2.29. The van der Waals surface area contributed by atoms with Gasteiger partial charge in [-0.3, -0.25) is 24.6 Å². The molecule has 0 bridgehead atoms. The maximum Gasteiger partial charge on any atom is 0.255 e. The first-order valence-corrected chi connectivity index (χ1v) is 10.3. The number of imide groups is 1. The van der Waals surface area contributed by atoms with E-state index in [1.54, 1.807) is 4.90 Å². The Balaban J connectivity index is 1.50. The number of rotatable bonds is 6. The molecule has 0 radical (unpaired) electrons. The molecule has 1 aromatic carbocycles. The van der Waals surface area contributed by atoms with E-state index in [4.69, 9.17) is 0 Å². The van der Waals surface area contributed by atoms with Gasteiger partial charge in [0.15, 0.2) is 0 Å². The molecule has 150 valence electrons. The largest absolute Gasteiger partial charge is 0.322 e. The Hall–Kier alpha value is -2.25. The van der Waals surface area contributed by atoms with E-state index in [9.17, 15) is 14.4 Å². The standard InChI is InChI=1S/C21H28N4O3/c1-2-24(12-15-6-4-10-22-15)11-14-5-3-7-16-17(14)13-25(21(16)28)18-8-9-19(26)23-20(18)27/h3,5,7,15,18,22H,2,4,6,8-13H2,1H3,(H,23,26,27). The number of carbonyl (C=O) groups excluding carboxylic acids is 3. The average Bonchev–Trinajstić information content (AvgIpc) is 3.30. The van der Waals surface area contributed by atoms with Gasteiger partial charge in [0.05, 0.1) is 0 Å². The summed E-state index contributed by atoms with van der Waals surface area (Å²) < 4.78 is 0. The SMILES string of the molecule is CCN(Cc1cccc2c1CN(C1CCC(=O)NC1=O)C2=O)CC1CCCN1. The Labute approximate surface area is 165 Å². The maximum absolute atomic E-state index is 12.9. The zero-order chi connectivity index (χ0) is 19.7. The molecular weight excluding hydrogens is 356 g/mol. The molecule has 0 spiro atoms. The normalized spacial score (nSPS) is 24.8. The second kappa shape index (κ2) is 8.01. The van der Waals surface area contributed by atoms with Crippen LogP contribution in [-0.2, 0) is 22.7 Å². The quantitative estimate of drug-likeness (QED) is 0.716. The van der Waals surface area contributed by atoms with Crippen molar-refractivity contribution < 1.29 is 14.4 Å². The Morgan fingerprint density at radius 2 is 2.07 bits per heavy atom. The number of hydrogen-bond donors (Lipinski definition) is 2. The van der Waals surface area contributed by atoms with Crippen LogP contribution in [0.5, 0.6) is 0 Å². The molecule has 4 rings (SSSR count). The van der Waals surface area contributed by atoms with Crippen molar-refractivity contribution in [3.8, 4) is 0 Å². The van der Waals surface area contributed by atoms with Gasteiger partial charge in [-0.05, 0) is 49.5 Å². The van der Waals surface area contributed by atoms with Crippen molar-refractivity contribution in [2.24, 2.45) is 0 Å². The molecule has 0 aliphatic carbocycles. The monoisotopic (exact) mass is 384 g/mol. The average molecular weight is 384 g/mol. The van der Waals surface area contributed by atoms with Crippen LogP contribution >= 0.6 is 0 Å². The van der Waals surface area contributed by atoms with Gasteiger partial charge >= 0.3 is 0 Å². The first-order chi connectivity index (χ1) is 13.6. The zero-order valence-electron chi connectivity index (χ0n) is 16.4. The Kier molecular flexibility index (Phi) is 5.46. The summed E-state index contributed by atoms with van der Waals surface area (Å²) in [5.74, 6) is -0.724. The smallest absolute Gasteiger partial charge is 0.255 e. The van der Waals surface area contributed by atoms with Gasteiger partial charge in [-0.2, -0.15) is 0 Å².